The van der Waals surface area contributed by atoms with Crippen molar-refractivity contribution in [2.45, 2.75) is 76.4 Å². The average Bonchev–Trinajstić information content (AvgIpc) is 3.47. The third kappa shape index (κ3) is 3.97. The predicted molar refractivity (Wildman–Crippen MR) is 105 cm³/mol. The lowest BCUT2D eigenvalue weighted by atomic mass is 10.1. The predicted octanol–water partition coefficient (Wildman–Crippen LogP) is 3.62. The van der Waals surface area contributed by atoms with Gasteiger partial charge in [0.25, 0.3) is 11.8 Å². The van der Waals surface area contributed by atoms with Gasteiger partial charge in [0.15, 0.2) is 11.7 Å². The van der Waals surface area contributed by atoms with Crippen molar-refractivity contribution in [3.63, 3.8) is 0 Å². The molecule has 2 aromatic rings. The third-order valence-electron chi connectivity index (χ3n) is 5.79. The molecular formula is C20H26N4O3S. The molecule has 2 fully saturated rings. The van der Waals surface area contributed by atoms with Gasteiger partial charge in [0.05, 0.1) is 0 Å². The normalized spacial score (nSPS) is 19.0. The minimum atomic E-state index is -0.786. The number of hydrogen-bond donors (Lipinski definition) is 1. The Morgan fingerprint density at radius 3 is 2.50 bits per heavy atom. The van der Waals surface area contributed by atoms with Crippen LogP contribution in [0.3, 0.4) is 0 Å². The fraction of sp³-hybridized carbons (Fsp3) is 0.600. The van der Waals surface area contributed by atoms with Crippen LogP contribution in [-0.4, -0.2) is 38.4 Å². The smallest absolute Gasteiger partial charge is 0.276 e. The van der Waals surface area contributed by atoms with Gasteiger partial charge in [-0.15, -0.1) is 5.10 Å². The highest BCUT2D eigenvalue weighted by Gasteiger charge is 2.41. The van der Waals surface area contributed by atoms with Gasteiger partial charge in [-0.3, -0.25) is 9.59 Å². The number of carbonyl (C=O) groups excluding carboxylic acids is 2. The van der Waals surface area contributed by atoms with Crippen molar-refractivity contribution in [2.24, 2.45) is 0 Å². The highest BCUT2D eigenvalue weighted by atomic mass is 32.1. The summed E-state index contributed by atoms with van der Waals surface area (Å²) >= 11 is 1.14. The minimum absolute atomic E-state index is 0.000987. The zero-order valence-corrected chi connectivity index (χ0v) is 16.9. The van der Waals surface area contributed by atoms with Crippen LogP contribution in [-0.2, 0) is 4.79 Å². The van der Waals surface area contributed by atoms with Gasteiger partial charge in [0.2, 0.25) is 0 Å². The molecule has 0 spiro atoms. The topological polar surface area (TPSA) is 88.3 Å². The first-order valence-electron chi connectivity index (χ1n) is 10.1. The first-order valence-corrected chi connectivity index (χ1v) is 10.9. The maximum atomic E-state index is 13.4. The van der Waals surface area contributed by atoms with Crippen LogP contribution >= 0.6 is 11.5 Å². The molecule has 2 heterocycles. The number of nitrogens with one attached hydrogen (secondary N) is 1. The SMILES string of the molecule is Cc1ccc([C@H](C(=O)NC2CCCC2)N(C(=O)c2csnn2)C2CCCC2)o1. The van der Waals surface area contributed by atoms with E-state index in [-0.39, 0.29) is 23.9 Å². The van der Waals surface area contributed by atoms with Gasteiger partial charge in [-0.05, 0) is 56.3 Å². The molecule has 1 atom stereocenters. The van der Waals surface area contributed by atoms with Gasteiger partial charge in [-0.25, -0.2) is 0 Å². The molecule has 2 aliphatic rings. The lowest BCUT2D eigenvalue weighted by molar-refractivity contribution is -0.128. The second kappa shape index (κ2) is 8.43. The molecule has 0 aliphatic heterocycles. The van der Waals surface area contributed by atoms with Crippen molar-refractivity contribution in [1.82, 2.24) is 19.8 Å². The maximum Gasteiger partial charge on any atom is 0.276 e. The molecule has 1 N–H and O–H groups in total. The Morgan fingerprint density at radius 1 is 1.18 bits per heavy atom. The summed E-state index contributed by atoms with van der Waals surface area (Å²) in [4.78, 5) is 28.4. The van der Waals surface area contributed by atoms with E-state index in [0.29, 0.717) is 11.5 Å². The Labute approximate surface area is 168 Å². The summed E-state index contributed by atoms with van der Waals surface area (Å²) in [5, 5.41) is 8.77. The van der Waals surface area contributed by atoms with Gasteiger partial charge in [-0.1, -0.05) is 30.2 Å². The highest BCUT2D eigenvalue weighted by molar-refractivity contribution is 7.03. The lowest BCUT2D eigenvalue weighted by Crippen LogP contribution is -2.49. The second-order valence-corrected chi connectivity index (χ2v) is 8.39. The molecule has 7 nitrogen and oxygen atoms in total. The molecule has 0 bridgehead atoms. The Balaban J connectivity index is 1.69. The number of aryl methyl sites for hydroxylation is 1. The quantitative estimate of drug-likeness (QED) is 0.797. The number of nitrogens with zero attached hydrogens (tertiary/aromatic N) is 3. The summed E-state index contributed by atoms with van der Waals surface area (Å²) in [6.45, 7) is 1.85. The molecule has 2 aliphatic carbocycles. The summed E-state index contributed by atoms with van der Waals surface area (Å²) in [6, 6.07) is 3.04. The number of rotatable bonds is 6. The van der Waals surface area contributed by atoms with Crippen LogP contribution < -0.4 is 5.32 Å². The van der Waals surface area contributed by atoms with Crippen molar-refractivity contribution < 1.29 is 14.0 Å². The van der Waals surface area contributed by atoms with Crippen LogP contribution in [0.4, 0.5) is 0 Å². The summed E-state index contributed by atoms with van der Waals surface area (Å²) in [5.41, 5.74) is 0.291. The van der Waals surface area contributed by atoms with E-state index < -0.39 is 6.04 Å². The maximum absolute atomic E-state index is 13.4. The zero-order valence-electron chi connectivity index (χ0n) is 16.1. The van der Waals surface area contributed by atoms with Crippen molar-refractivity contribution in [2.75, 3.05) is 0 Å². The van der Waals surface area contributed by atoms with E-state index in [0.717, 1.165) is 68.7 Å². The summed E-state index contributed by atoms with van der Waals surface area (Å²) in [6.07, 6.45) is 8.12. The molecule has 0 unspecified atom stereocenters. The largest absolute Gasteiger partial charge is 0.464 e. The molecule has 150 valence electrons. The minimum Gasteiger partial charge on any atom is -0.464 e. The molecular weight excluding hydrogens is 376 g/mol. The molecule has 0 radical (unpaired) electrons. The van der Waals surface area contributed by atoms with Crippen LogP contribution in [0, 0.1) is 6.92 Å². The van der Waals surface area contributed by atoms with Crippen LogP contribution in [0.2, 0.25) is 0 Å². The first-order chi connectivity index (χ1) is 13.6. The van der Waals surface area contributed by atoms with Gasteiger partial charge >= 0.3 is 0 Å². The number of aromatic nitrogens is 2. The fourth-order valence-electron chi connectivity index (χ4n) is 4.41. The molecule has 4 rings (SSSR count). The molecule has 0 aromatic carbocycles. The molecule has 2 saturated carbocycles. The average molecular weight is 403 g/mol. The van der Waals surface area contributed by atoms with Gasteiger partial charge in [0.1, 0.15) is 11.5 Å². The summed E-state index contributed by atoms with van der Waals surface area (Å²) < 4.78 is 9.69. The van der Waals surface area contributed by atoms with Crippen molar-refractivity contribution >= 4 is 23.3 Å². The Morgan fingerprint density at radius 2 is 1.89 bits per heavy atom. The Bertz CT molecular complexity index is 807. The Hall–Kier alpha value is -2.22. The fourth-order valence-corrected chi connectivity index (χ4v) is 4.84. The van der Waals surface area contributed by atoms with Crippen LogP contribution in [0.15, 0.2) is 21.9 Å². The van der Waals surface area contributed by atoms with Gasteiger partial charge in [0, 0.05) is 17.5 Å². The van der Waals surface area contributed by atoms with E-state index in [1.807, 2.05) is 19.1 Å². The zero-order chi connectivity index (χ0) is 19.5. The lowest BCUT2D eigenvalue weighted by Gasteiger charge is -2.34. The van der Waals surface area contributed by atoms with E-state index in [9.17, 15) is 9.59 Å². The molecule has 28 heavy (non-hydrogen) atoms. The number of hydrogen-bond acceptors (Lipinski definition) is 6. The van der Waals surface area contributed by atoms with Gasteiger partial charge in [-0.2, -0.15) is 0 Å². The van der Waals surface area contributed by atoms with Crippen molar-refractivity contribution in [3.8, 4) is 0 Å². The van der Waals surface area contributed by atoms with E-state index in [4.69, 9.17) is 4.42 Å². The summed E-state index contributed by atoms with van der Waals surface area (Å²) in [7, 11) is 0. The van der Waals surface area contributed by atoms with Crippen LogP contribution in [0.1, 0.15) is 79.4 Å². The monoisotopic (exact) mass is 402 g/mol. The van der Waals surface area contributed by atoms with Crippen molar-refractivity contribution in [1.29, 1.82) is 0 Å². The van der Waals surface area contributed by atoms with E-state index in [1.54, 1.807) is 10.3 Å². The van der Waals surface area contributed by atoms with E-state index >= 15 is 0 Å². The Kier molecular flexibility index (Phi) is 5.75. The summed E-state index contributed by atoms with van der Waals surface area (Å²) in [5.74, 6) is 0.824. The number of amides is 2. The van der Waals surface area contributed by atoms with E-state index in [2.05, 4.69) is 14.9 Å². The third-order valence-corrected chi connectivity index (χ3v) is 6.30. The second-order valence-electron chi connectivity index (χ2n) is 7.78. The van der Waals surface area contributed by atoms with E-state index in [1.165, 1.54) is 0 Å². The molecule has 2 aromatic heterocycles. The molecule has 8 heteroatoms. The van der Waals surface area contributed by atoms with Crippen LogP contribution in [0.25, 0.3) is 0 Å². The van der Waals surface area contributed by atoms with Gasteiger partial charge < -0.3 is 14.6 Å². The molecule has 2 amide bonds. The first kappa shape index (κ1) is 19.1. The number of carbonyl (C=O) groups is 2. The molecule has 0 saturated heterocycles. The van der Waals surface area contributed by atoms with Crippen molar-refractivity contribution in [3.05, 3.63) is 34.7 Å². The van der Waals surface area contributed by atoms with Crippen LogP contribution in [0.5, 0.6) is 0 Å². The highest BCUT2D eigenvalue weighted by Crippen LogP contribution is 2.34. The number of furan rings is 1. The standard InChI is InChI=1S/C20H26N4O3S/c1-13-10-11-17(27-13)18(19(25)21-14-6-2-3-7-14)24(15-8-4-5-9-15)20(26)16-12-28-23-22-16/h10-12,14-15,18H,2-9H2,1H3,(H,21,25)/t18-/m1/s1.